The number of allylic oxidation sites excluding steroid dienone is 1. The fourth-order valence-electron chi connectivity index (χ4n) is 2.81. The molecule has 0 spiro atoms. The Morgan fingerprint density at radius 2 is 1.96 bits per heavy atom. The second kappa shape index (κ2) is 7.11. The third-order valence-electron chi connectivity index (χ3n) is 3.99. The molecule has 5 nitrogen and oxygen atoms in total. The van der Waals surface area contributed by atoms with E-state index in [0.29, 0.717) is 12.4 Å². The SMILES string of the molecule is CC(C)=Cc1nc(NCc2ccc3c(c2)OCO3)c2cc(I)ccc2n1. The van der Waals surface area contributed by atoms with Crippen LogP contribution in [0, 0.1) is 3.57 Å². The van der Waals surface area contributed by atoms with Crippen LogP contribution in [0.3, 0.4) is 0 Å². The Balaban J connectivity index is 1.67. The lowest BCUT2D eigenvalue weighted by atomic mass is 10.2. The summed E-state index contributed by atoms with van der Waals surface area (Å²) in [7, 11) is 0. The number of anilines is 1. The van der Waals surface area contributed by atoms with Crippen LogP contribution in [0.1, 0.15) is 25.2 Å². The summed E-state index contributed by atoms with van der Waals surface area (Å²) in [6.45, 7) is 5.01. The van der Waals surface area contributed by atoms with Crippen LogP contribution in [-0.4, -0.2) is 16.8 Å². The predicted molar refractivity (Wildman–Crippen MR) is 111 cm³/mol. The Morgan fingerprint density at radius 1 is 1.12 bits per heavy atom. The van der Waals surface area contributed by atoms with Crippen LogP contribution in [-0.2, 0) is 6.54 Å². The first-order chi connectivity index (χ1) is 12.6. The molecule has 0 saturated carbocycles. The van der Waals surface area contributed by atoms with Gasteiger partial charge in [-0.25, -0.2) is 9.97 Å². The Labute approximate surface area is 165 Å². The molecule has 26 heavy (non-hydrogen) atoms. The van der Waals surface area contributed by atoms with E-state index >= 15 is 0 Å². The molecule has 1 N–H and O–H groups in total. The quantitative estimate of drug-likeness (QED) is 0.557. The van der Waals surface area contributed by atoms with Gasteiger partial charge in [-0.3, -0.25) is 0 Å². The molecule has 3 aromatic rings. The van der Waals surface area contributed by atoms with Crippen LogP contribution in [0.4, 0.5) is 5.82 Å². The summed E-state index contributed by atoms with van der Waals surface area (Å²) in [5.41, 5.74) is 3.20. The van der Waals surface area contributed by atoms with Gasteiger partial charge in [0.2, 0.25) is 6.79 Å². The Bertz CT molecular complexity index is 1010. The van der Waals surface area contributed by atoms with E-state index in [1.54, 1.807) is 0 Å². The average Bonchev–Trinajstić information content (AvgIpc) is 3.07. The maximum absolute atomic E-state index is 5.46. The number of halogens is 1. The molecule has 0 fully saturated rings. The summed E-state index contributed by atoms with van der Waals surface area (Å²) in [5.74, 6) is 3.13. The van der Waals surface area contributed by atoms with E-state index < -0.39 is 0 Å². The first-order valence-corrected chi connectivity index (χ1v) is 9.41. The van der Waals surface area contributed by atoms with Crippen LogP contribution < -0.4 is 14.8 Å². The number of hydrogen-bond acceptors (Lipinski definition) is 5. The topological polar surface area (TPSA) is 56.3 Å². The van der Waals surface area contributed by atoms with Gasteiger partial charge in [0.25, 0.3) is 0 Å². The van der Waals surface area contributed by atoms with Crippen molar-refractivity contribution in [2.75, 3.05) is 12.1 Å². The van der Waals surface area contributed by atoms with E-state index in [9.17, 15) is 0 Å². The molecule has 0 radical (unpaired) electrons. The van der Waals surface area contributed by atoms with E-state index in [4.69, 9.17) is 14.5 Å². The fraction of sp³-hybridized carbons (Fsp3) is 0.200. The van der Waals surface area contributed by atoms with E-state index in [1.165, 1.54) is 0 Å². The van der Waals surface area contributed by atoms with E-state index in [2.05, 4.69) is 45.0 Å². The number of benzene rings is 2. The zero-order valence-electron chi connectivity index (χ0n) is 14.5. The summed E-state index contributed by atoms with van der Waals surface area (Å²) in [5, 5.41) is 4.47. The molecular weight excluding hydrogens is 441 g/mol. The number of ether oxygens (including phenoxy) is 2. The predicted octanol–water partition coefficient (Wildman–Crippen LogP) is 5.00. The van der Waals surface area contributed by atoms with Gasteiger partial charge in [0.05, 0.1) is 5.52 Å². The Morgan fingerprint density at radius 3 is 2.81 bits per heavy atom. The first-order valence-electron chi connectivity index (χ1n) is 8.33. The standard InChI is InChI=1S/C20H18IN3O2/c1-12(2)7-19-23-16-5-4-14(21)9-15(16)20(24-19)22-10-13-3-6-17-18(8-13)26-11-25-17/h3-9H,10-11H2,1-2H3,(H,22,23,24). The molecule has 2 heterocycles. The van der Waals surface area contributed by atoms with Gasteiger partial charge in [-0.2, -0.15) is 0 Å². The monoisotopic (exact) mass is 459 g/mol. The van der Waals surface area contributed by atoms with Crippen molar-refractivity contribution in [1.82, 2.24) is 9.97 Å². The van der Waals surface area contributed by atoms with Gasteiger partial charge in [0.1, 0.15) is 5.82 Å². The van der Waals surface area contributed by atoms with Crippen molar-refractivity contribution in [2.45, 2.75) is 20.4 Å². The van der Waals surface area contributed by atoms with Crippen molar-refractivity contribution in [3.05, 3.63) is 56.9 Å². The average molecular weight is 459 g/mol. The summed E-state index contributed by atoms with van der Waals surface area (Å²) >= 11 is 2.31. The lowest BCUT2D eigenvalue weighted by Crippen LogP contribution is -2.04. The normalized spacial score (nSPS) is 12.3. The third-order valence-corrected chi connectivity index (χ3v) is 4.66. The van der Waals surface area contributed by atoms with Crippen LogP contribution >= 0.6 is 22.6 Å². The van der Waals surface area contributed by atoms with Gasteiger partial charge in [0, 0.05) is 15.5 Å². The highest BCUT2D eigenvalue weighted by Gasteiger charge is 2.13. The van der Waals surface area contributed by atoms with Crippen molar-refractivity contribution in [3.63, 3.8) is 0 Å². The van der Waals surface area contributed by atoms with Crippen molar-refractivity contribution < 1.29 is 9.47 Å². The lowest BCUT2D eigenvalue weighted by Gasteiger charge is -2.11. The number of nitrogens with one attached hydrogen (secondary N) is 1. The second-order valence-corrected chi connectivity index (χ2v) is 7.60. The van der Waals surface area contributed by atoms with Crippen LogP contribution in [0.15, 0.2) is 42.0 Å². The molecule has 0 aliphatic carbocycles. The zero-order valence-corrected chi connectivity index (χ0v) is 16.7. The molecule has 132 valence electrons. The summed E-state index contributed by atoms with van der Waals surface area (Å²) in [4.78, 5) is 9.36. The highest BCUT2D eigenvalue weighted by Crippen LogP contribution is 2.33. The maximum Gasteiger partial charge on any atom is 0.231 e. The van der Waals surface area contributed by atoms with Gasteiger partial charge in [0.15, 0.2) is 17.3 Å². The van der Waals surface area contributed by atoms with Crippen molar-refractivity contribution in [3.8, 4) is 11.5 Å². The molecule has 6 heteroatoms. The van der Waals surface area contributed by atoms with Crippen LogP contribution in [0.25, 0.3) is 17.0 Å². The Kier molecular flexibility index (Phi) is 4.67. The van der Waals surface area contributed by atoms with E-state index in [-0.39, 0.29) is 6.79 Å². The first kappa shape index (κ1) is 17.1. The summed E-state index contributed by atoms with van der Waals surface area (Å²) in [6, 6.07) is 12.2. The van der Waals surface area contributed by atoms with Crippen LogP contribution in [0.5, 0.6) is 11.5 Å². The largest absolute Gasteiger partial charge is 0.454 e. The zero-order chi connectivity index (χ0) is 18.1. The molecule has 0 saturated heterocycles. The summed E-state index contributed by atoms with van der Waals surface area (Å²) in [6.07, 6.45) is 1.99. The molecule has 0 atom stereocenters. The van der Waals surface area contributed by atoms with E-state index in [1.807, 2.05) is 44.2 Å². The van der Waals surface area contributed by atoms with Gasteiger partial charge in [-0.1, -0.05) is 11.6 Å². The molecule has 1 aromatic heterocycles. The molecule has 0 bridgehead atoms. The van der Waals surface area contributed by atoms with Crippen molar-refractivity contribution in [1.29, 1.82) is 0 Å². The number of fused-ring (bicyclic) bond motifs is 2. The number of nitrogens with zero attached hydrogens (tertiary/aromatic N) is 2. The Hall–Kier alpha value is -2.35. The van der Waals surface area contributed by atoms with Gasteiger partial charge in [-0.05, 0) is 78.4 Å². The molecule has 2 aromatic carbocycles. The molecule has 1 aliphatic rings. The lowest BCUT2D eigenvalue weighted by molar-refractivity contribution is 0.174. The van der Waals surface area contributed by atoms with E-state index in [0.717, 1.165) is 42.9 Å². The van der Waals surface area contributed by atoms with Crippen molar-refractivity contribution in [2.24, 2.45) is 0 Å². The van der Waals surface area contributed by atoms with Gasteiger partial charge >= 0.3 is 0 Å². The third kappa shape index (κ3) is 3.60. The highest BCUT2D eigenvalue weighted by atomic mass is 127. The minimum atomic E-state index is 0.285. The highest BCUT2D eigenvalue weighted by molar-refractivity contribution is 14.1. The van der Waals surface area contributed by atoms with Crippen LogP contribution in [0.2, 0.25) is 0 Å². The number of aromatic nitrogens is 2. The molecule has 4 rings (SSSR count). The number of rotatable bonds is 4. The van der Waals surface area contributed by atoms with Gasteiger partial charge in [-0.15, -0.1) is 0 Å². The minimum Gasteiger partial charge on any atom is -0.454 e. The molecule has 0 amide bonds. The minimum absolute atomic E-state index is 0.285. The van der Waals surface area contributed by atoms with Gasteiger partial charge < -0.3 is 14.8 Å². The smallest absolute Gasteiger partial charge is 0.231 e. The summed E-state index contributed by atoms with van der Waals surface area (Å²) < 4.78 is 12.0. The molecule has 0 unspecified atom stereocenters. The fourth-order valence-corrected chi connectivity index (χ4v) is 3.30. The van der Waals surface area contributed by atoms with Crippen molar-refractivity contribution >= 4 is 45.4 Å². The maximum atomic E-state index is 5.46. The number of hydrogen-bond donors (Lipinski definition) is 1. The second-order valence-electron chi connectivity index (χ2n) is 6.35. The molecular formula is C20H18IN3O2. The molecule has 1 aliphatic heterocycles.